The Morgan fingerprint density at radius 2 is 1.61 bits per heavy atom. The van der Waals surface area contributed by atoms with Crippen molar-refractivity contribution in [3.05, 3.63) is 65.7 Å². The summed E-state index contributed by atoms with van der Waals surface area (Å²) in [6, 6.07) is 19.3. The van der Waals surface area contributed by atoms with Crippen molar-refractivity contribution in [3.63, 3.8) is 0 Å². The molecule has 2 N–H and O–H groups in total. The quantitative estimate of drug-likeness (QED) is 0.515. The predicted octanol–water partition coefficient (Wildman–Crippen LogP) is 7.11. The summed E-state index contributed by atoms with van der Waals surface area (Å²) in [5, 5.41) is 6.35. The van der Waals surface area contributed by atoms with Crippen molar-refractivity contribution in [2.45, 2.75) is 77.2 Å². The zero-order chi connectivity index (χ0) is 21.5. The van der Waals surface area contributed by atoms with Crippen molar-refractivity contribution in [1.29, 1.82) is 0 Å². The Labute approximate surface area is 188 Å². The van der Waals surface area contributed by atoms with E-state index in [2.05, 4.69) is 54.0 Å². The van der Waals surface area contributed by atoms with Gasteiger partial charge in [-0.1, -0.05) is 68.1 Å². The van der Waals surface area contributed by atoms with Crippen LogP contribution in [0.2, 0.25) is 0 Å². The van der Waals surface area contributed by atoms with Gasteiger partial charge in [0, 0.05) is 11.7 Å². The van der Waals surface area contributed by atoms with Crippen LogP contribution in [0.15, 0.2) is 54.6 Å². The lowest BCUT2D eigenvalue weighted by atomic mass is 9.72. The minimum absolute atomic E-state index is 0.0472. The Bertz CT molecular complexity index is 826. The summed E-state index contributed by atoms with van der Waals surface area (Å²) in [6.07, 6.45) is 12.9. The van der Waals surface area contributed by atoms with Crippen molar-refractivity contribution in [2.75, 3.05) is 5.32 Å². The Kier molecular flexibility index (Phi) is 7.66. The first kappa shape index (κ1) is 21.9. The summed E-state index contributed by atoms with van der Waals surface area (Å²) in [4.78, 5) is 12.6. The number of hydrogen-bond acceptors (Lipinski definition) is 1. The van der Waals surface area contributed by atoms with Crippen molar-refractivity contribution in [2.24, 2.45) is 17.8 Å². The van der Waals surface area contributed by atoms with E-state index in [1.165, 1.54) is 63.4 Å². The molecule has 0 radical (unpaired) electrons. The summed E-state index contributed by atoms with van der Waals surface area (Å²) >= 11 is 0. The summed E-state index contributed by atoms with van der Waals surface area (Å²) in [5.74, 6) is 2.31. The monoisotopic (exact) mass is 418 g/mol. The minimum atomic E-state index is -0.0472. The number of carbonyl (C=O) groups excluding carboxylic acids is 1. The van der Waals surface area contributed by atoms with Crippen LogP contribution in [0.25, 0.3) is 0 Å². The van der Waals surface area contributed by atoms with Gasteiger partial charge in [0.1, 0.15) is 0 Å². The average molecular weight is 419 g/mol. The van der Waals surface area contributed by atoms with E-state index in [1.807, 2.05) is 18.2 Å². The summed E-state index contributed by atoms with van der Waals surface area (Å²) in [5.41, 5.74) is 3.53. The highest BCUT2D eigenvalue weighted by atomic mass is 16.2. The van der Waals surface area contributed by atoms with Crippen LogP contribution < -0.4 is 10.6 Å². The van der Waals surface area contributed by atoms with Gasteiger partial charge in [-0.2, -0.15) is 0 Å². The SMILES string of the molecule is Cc1cccc(NC(=O)N[C@@H]2CCCC[C@H]2CC2CCC(Cc3ccccc3)CC2)c1. The standard InChI is InChI=1S/C28H38N2O/c1-21-8-7-12-26(18-21)29-28(31)30-27-13-6-5-11-25(27)20-24-16-14-23(15-17-24)19-22-9-3-2-4-10-22/h2-4,7-10,12,18,23-25,27H,5-6,11,13-17,19-20H2,1H3,(H2,29,30,31)/t23?,24?,25-,27+/m0/s1. The molecule has 2 aromatic carbocycles. The molecule has 0 heterocycles. The van der Waals surface area contributed by atoms with Crippen LogP contribution in [-0.4, -0.2) is 12.1 Å². The molecule has 2 saturated carbocycles. The summed E-state index contributed by atoms with van der Waals surface area (Å²) in [7, 11) is 0. The Hall–Kier alpha value is -2.29. The van der Waals surface area contributed by atoms with E-state index in [1.54, 1.807) is 0 Å². The maximum absolute atomic E-state index is 12.6. The van der Waals surface area contributed by atoms with Gasteiger partial charge in [-0.3, -0.25) is 0 Å². The second-order valence-corrected chi connectivity index (χ2v) is 9.93. The molecule has 0 saturated heterocycles. The molecular weight excluding hydrogens is 380 g/mol. The van der Waals surface area contributed by atoms with Crippen LogP contribution in [-0.2, 0) is 6.42 Å². The zero-order valence-electron chi connectivity index (χ0n) is 19.0. The van der Waals surface area contributed by atoms with Gasteiger partial charge in [-0.25, -0.2) is 4.79 Å². The van der Waals surface area contributed by atoms with E-state index in [4.69, 9.17) is 0 Å². The maximum atomic E-state index is 12.6. The van der Waals surface area contributed by atoms with Crippen LogP contribution in [0.4, 0.5) is 10.5 Å². The van der Waals surface area contributed by atoms with E-state index in [9.17, 15) is 4.79 Å². The molecule has 2 aliphatic carbocycles. The van der Waals surface area contributed by atoms with Gasteiger partial charge in [0.15, 0.2) is 0 Å². The number of rotatable bonds is 6. The second-order valence-electron chi connectivity index (χ2n) is 9.93. The van der Waals surface area contributed by atoms with Gasteiger partial charge in [-0.05, 0) is 86.5 Å². The van der Waals surface area contributed by atoms with Gasteiger partial charge in [0.05, 0.1) is 0 Å². The first-order chi connectivity index (χ1) is 15.2. The largest absolute Gasteiger partial charge is 0.335 e. The molecule has 2 aromatic rings. The molecule has 3 heteroatoms. The third kappa shape index (κ3) is 6.59. The highest BCUT2D eigenvalue weighted by Gasteiger charge is 2.30. The van der Waals surface area contributed by atoms with Crippen LogP contribution in [0, 0.1) is 24.7 Å². The third-order valence-electron chi connectivity index (χ3n) is 7.47. The molecule has 4 rings (SSSR count). The average Bonchev–Trinajstić information content (AvgIpc) is 2.77. The highest BCUT2D eigenvalue weighted by Crippen LogP contribution is 2.38. The molecule has 0 unspecified atom stereocenters. The number of hydrogen-bond donors (Lipinski definition) is 2. The summed E-state index contributed by atoms with van der Waals surface area (Å²) < 4.78 is 0. The van der Waals surface area contributed by atoms with Crippen molar-refractivity contribution in [3.8, 4) is 0 Å². The molecule has 31 heavy (non-hydrogen) atoms. The van der Waals surface area contributed by atoms with Gasteiger partial charge in [0.25, 0.3) is 0 Å². The fourth-order valence-electron chi connectivity index (χ4n) is 5.79. The van der Waals surface area contributed by atoms with Gasteiger partial charge < -0.3 is 10.6 Å². The number of aryl methyl sites for hydroxylation is 1. The van der Waals surface area contributed by atoms with Crippen LogP contribution in [0.3, 0.4) is 0 Å². The Morgan fingerprint density at radius 3 is 2.39 bits per heavy atom. The topological polar surface area (TPSA) is 41.1 Å². The number of anilines is 1. The molecule has 2 aliphatic rings. The van der Waals surface area contributed by atoms with E-state index in [-0.39, 0.29) is 6.03 Å². The molecule has 2 amide bonds. The van der Waals surface area contributed by atoms with Gasteiger partial charge in [-0.15, -0.1) is 0 Å². The van der Waals surface area contributed by atoms with E-state index in [0.29, 0.717) is 12.0 Å². The van der Waals surface area contributed by atoms with Crippen molar-refractivity contribution in [1.82, 2.24) is 5.32 Å². The van der Waals surface area contributed by atoms with Crippen LogP contribution in [0.5, 0.6) is 0 Å². The fraction of sp³-hybridized carbons (Fsp3) is 0.536. The molecule has 0 aromatic heterocycles. The lowest BCUT2D eigenvalue weighted by molar-refractivity contribution is 0.179. The van der Waals surface area contributed by atoms with E-state index >= 15 is 0 Å². The first-order valence-corrected chi connectivity index (χ1v) is 12.3. The number of carbonyl (C=O) groups is 1. The minimum Gasteiger partial charge on any atom is -0.335 e. The Morgan fingerprint density at radius 1 is 0.871 bits per heavy atom. The second kappa shape index (κ2) is 10.8. The lowest BCUT2D eigenvalue weighted by Crippen LogP contribution is -2.44. The first-order valence-electron chi connectivity index (χ1n) is 12.3. The third-order valence-corrected chi connectivity index (χ3v) is 7.47. The zero-order valence-corrected chi connectivity index (χ0v) is 19.0. The molecule has 3 nitrogen and oxygen atoms in total. The normalized spacial score (nSPS) is 26.2. The summed E-state index contributed by atoms with van der Waals surface area (Å²) in [6.45, 7) is 2.05. The molecule has 0 spiro atoms. The number of benzene rings is 2. The molecule has 166 valence electrons. The lowest BCUT2D eigenvalue weighted by Gasteiger charge is -2.37. The highest BCUT2D eigenvalue weighted by molar-refractivity contribution is 5.89. The molecule has 0 aliphatic heterocycles. The number of amides is 2. The van der Waals surface area contributed by atoms with Crippen LogP contribution in [0.1, 0.15) is 68.9 Å². The number of nitrogens with one attached hydrogen (secondary N) is 2. The van der Waals surface area contributed by atoms with Crippen LogP contribution >= 0.6 is 0 Å². The number of urea groups is 1. The Balaban J connectivity index is 1.25. The van der Waals surface area contributed by atoms with E-state index < -0.39 is 0 Å². The van der Waals surface area contributed by atoms with E-state index in [0.717, 1.165) is 29.5 Å². The molecule has 2 fully saturated rings. The molecular formula is C28H38N2O. The maximum Gasteiger partial charge on any atom is 0.319 e. The molecule has 2 atom stereocenters. The van der Waals surface area contributed by atoms with Gasteiger partial charge >= 0.3 is 6.03 Å². The smallest absolute Gasteiger partial charge is 0.319 e. The van der Waals surface area contributed by atoms with Gasteiger partial charge in [0.2, 0.25) is 0 Å². The van der Waals surface area contributed by atoms with Crippen molar-refractivity contribution >= 4 is 11.7 Å². The molecule has 0 bridgehead atoms. The predicted molar refractivity (Wildman–Crippen MR) is 129 cm³/mol. The van der Waals surface area contributed by atoms with Crippen molar-refractivity contribution < 1.29 is 4.79 Å². The fourth-order valence-corrected chi connectivity index (χ4v) is 5.79.